The minimum atomic E-state index is -5.15. The van der Waals surface area contributed by atoms with Gasteiger partial charge < -0.3 is 125 Å². The minimum Gasteiger partial charge on any atom is -0.399 e. The number of nitrogens with zero attached hydrogens (tertiary/aromatic N) is 18. The summed E-state index contributed by atoms with van der Waals surface area (Å²) in [5.74, 6) is -0.182. The van der Waals surface area contributed by atoms with Gasteiger partial charge in [-0.05, 0) is 25.1 Å². The molecule has 9 aliphatic rings. The molecular weight excluding hydrogens is 1950 g/mol. The van der Waals surface area contributed by atoms with Crippen LogP contribution in [0.3, 0.4) is 0 Å². The molecule has 6 bridgehead atoms. The third-order valence-electron chi connectivity index (χ3n) is 22.6. The van der Waals surface area contributed by atoms with E-state index in [1.165, 1.54) is 86.4 Å². The van der Waals surface area contributed by atoms with Crippen molar-refractivity contribution < 1.29 is 170 Å². The van der Waals surface area contributed by atoms with Crippen molar-refractivity contribution in [1.82, 2.24) is 97.2 Å². The van der Waals surface area contributed by atoms with Gasteiger partial charge in [0.2, 0.25) is 17.6 Å². The van der Waals surface area contributed by atoms with Crippen LogP contribution in [0.1, 0.15) is 43.2 Å². The number of pyridine rings is 3. The van der Waals surface area contributed by atoms with Crippen LogP contribution in [0.2, 0.25) is 0 Å². The number of aromatic amines is 3. The first-order valence-electron chi connectivity index (χ1n) is 39.8. The average molecular weight is 2030 g/mol. The van der Waals surface area contributed by atoms with Crippen LogP contribution in [0, 0.1) is 13.5 Å². The lowest BCUT2D eigenvalue weighted by molar-refractivity contribution is -0.0672. The van der Waals surface area contributed by atoms with Crippen molar-refractivity contribution in [3.63, 3.8) is 0 Å². The lowest BCUT2D eigenvalue weighted by Gasteiger charge is -2.26. The Morgan fingerprint density at radius 1 is 0.390 bits per heavy atom. The van der Waals surface area contributed by atoms with E-state index in [0.29, 0.717) is 22.5 Å². The van der Waals surface area contributed by atoms with Crippen molar-refractivity contribution >= 4 is 143 Å². The van der Waals surface area contributed by atoms with Gasteiger partial charge in [-0.15, -0.1) is 0 Å². The number of nitrogens with two attached hydrogens (primary N) is 4. The molecule has 6 unspecified atom stereocenters. The predicted molar refractivity (Wildman–Crippen MR) is 441 cm³/mol. The minimum absolute atomic E-state index is 0.0104. The SMILES string of the molecule is Cc1ncc2ncn([C@@H]3O[C@@H]4COP(=O)(O)O[C@@H]5[C@H](O)[C@@H](COP(=O)(O)O[C@H]4[C@H]3O)O[C@H]5n3cnc4c(=O)[nH]c(N)nc43)c2n1.Nc1ccnc2c1ncn2[C@@H]1O[C@@H]2COP(=O)(O)O[C@@H]3[C@H](O)[C@@H](COP(=O)(O)O[C@H]2[C@H]1O)O[C@H]3n1cnc2c(=O)[nH]ccc21.[C-]#[N+]c1cn([C@@H]2O[C@@H]3COP(=O)(O)O[C@@H]4[C@H](O)[C@@H](COP(=O)(O)O[C@H]3[C@H]2O)O[C@H]4n2cnc3c(=O)[nH]c(N)nc32)c2nccc(N)c12. The van der Waals surface area contributed by atoms with E-state index >= 15 is 0 Å². The number of nitrogen functional groups attached to an aromatic ring is 4. The van der Waals surface area contributed by atoms with E-state index in [0.717, 1.165) is 21.8 Å². The first kappa shape index (κ1) is 94.8. The number of aryl methyl sites for hydroxylation is 1. The molecular formula is C66H75N25O39P6. The third-order valence-corrected chi connectivity index (χ3v) is 28.5. The number of aliphatic hydroxyl groups excluding tert-OH is 6. The van der Waals surface area contributed by atoms with Crippen molar-refractivity contribution in [1.29, 1.82) is 0 Å². The van der Waals surface area contributed by atoms with Crippen LogP contribution in [0.5, 0.6) is 0 Å². The Bertz CT molecular complexity index is 7220. The molecule has 70 heteroatoms. The van der Waals surface area contributed by atoms with Crippen molar-refractivity contribution in [2.24, 2.45) is 0 Å². The molecule has 23 N–H and O–H groups in total. The third kappa shape index (κ3) is 18.0. The molecule has 0 radical (unpaired) electrons. The first-order valence-corrected chi connectivity index (χ1v) is 48.8. The maximum absolute atomic E-state index is 13.3. The second-order valence-electron chi connectivity index (χ2n) is 31.2. The number of phosphoric acid groups is 6. The van der Waals surface area contributed by atoms with E-state index < -0.39 is 250 Å². The number of aliphatic hydroxyl groups is 6. The summed E-state index contributed by atoms with van der Waals surface area (Å²) in [6.07, 6.45) is -24.7. The molecule has 21 heterocycles. The van der Waals surface area contributed by atoms with Crippen molar-refractivity contribution in [3.8, 4) is 0 Å². The van der Waals surface area contributed by atoms with Crippen LogP contribution in [0.4, 0.5) is 29.0 Å². The highest BCUT2D eigenvalue weighted by Gasteiger charge is 2.59. The maximum Gasteiger partial charge on any atom is 0.472 e. The first-order chi connectivity index (χ1) is 64.5. The van der Waals surface area contributed by atoms with E-state index in [1.54, 1.807) is 6.92 Å². The zero-order chi connectivity index (χ0) is 96.2. The number of hydrogen-bond acceptors (Lipinski definition) is 48. The summed E-state index contributed by atoms with van der Waals surface area (Å²) in [5.41, 5.74) is 22.9. The fourth-order valence-electron chi connectivity index (χ4n) is 16.5. The quantitative estimate of drug-likeness (QED) is 0.0586. The molecule has 0 aromatic carbocycles. The number of fused-ring (bicyclic) bond motifs is 15. The summed E-state index contributed by atoms with van der Waals surface area (Å²) < 4.78 is 184. The number of rotatable bonds is 6. The largest absolute Gasteiger partial charge is 0.472 e. The number of phosphoric ester groups is 6. The second-order valence-corrected chi connectivity index (χ2v) is 39.7. The lowest BCUT2D eigenvalue weighted by Crippen LogP contribution is -2.36. The van der Waals surface area contributed by atoms with Gasteiger partial charge in [-0.1, -0.05) is 0 Å². The number of ether oxygens (including phenoxy) is 6. The predicted octanol–water partition coefficient (Wildman–Crippen LogP) is -2.91. The summed E-state index contributed by atoms with van der Waals surface area (Å²) in [6.45, 7) is 4.28. The standard InChI is InChI=1S/C23H25N9O13P2.C22H25N7O13P2.C21H25N9O13P2/c1-26-9-4-31(18-12(9)8(24)2-3-27-18)21-15(34)16-11(43-21)6-41-47(38,39)45-17-14(33)10(5-40-46(36,37)44-16)42-22(17)32-7-28-13-19(32)29-23(25)30-20(13)35;23-9-1-3-24-19-13(9)26-8-29(19)21-16(31)17-12(40-21)6-38-44(35,36)42-18-15(30)11(5-37-43(33,34)41-17)39-22(18)28-7-27-14-10(28)2-4-25-20(14)32;1-7-23-2-8-16(26-7)29(5-24-8)19-13(32)14-10(41-19)4-39-45(36,37)43-15-12(31)9(3-38-44(34,35)42-14)40-20(15)30-6-25-11-17(30)27-21(22)28-18(11)33/h2-4,7,10-11,14-17,21-22,33-34H,5-6H2,(H2,24,27)(H,36,37)(H,38,39)(H3,25,29,30,35);1-4,7-8,11-12,15-18,21-22,30-31H,5-6H2,(H2,23,24)(H,25,32)(H,33,34)(H,35,36);2,5-6,9-10,12-15,19-20,31-32H,3-4H2,1H3,(H,34,35)(H,36,37)(H3,22,27,28,33)/t10-,11-,14-,15-,16-,17-,21-,22-;11-,12-,15-,16-,17-,18-,21-,22-;9-,10-,12-,13-,14-,15-,19-,20-/m111/s1. The van der Waals surface area contributed by atoms with E-state index in [-0.39, 0.29) is 79.0 Å². The molecule has 9 aliphatic heterocycles. The molecule has 9 fully saturated rings. The van der Waals surface area contributed by atoms with Crippen molar-refractivity contribution in [2.75, 3.05) is 62.6 Å². The highest BCUT2D eigenvalue weighted by Crippen LogP contribution is 2.59. The van der Waals surface area contributed by atoms with E-state index in [4.69, 9.17) is 112 Å². The molecule has 0 saturated carbocycles. The molecule has 30 atom stereocenters. The molecule has 9 saturated heterocycles. The smallest absolute Gasteiger partial charge is 0.399 e. The van der Waals surface area contributed by atoms with Gasteiger partial charge in [-0.3, -0.25) is 96.9 Å². The topological polar surface area (TPSA) is 890 Å². The second kappa shape index (κ2) is 35.9. The van der Waals surface area contributed by atoms with Crippen LogP contribution in [0.15, 0.2) is 95.2 Å². The number of anilines is 4. The van der Waals surface area contributed by atoms with Crippen molar-refractivity contribution in [2.45, 2.75) is 154 Å². The van der Waals surface area contributed by atoms with Crippen LogP contribution in [0.25, 0.3) is 71.6 Å². The molecule has 136 heavy (non-hydrogen) atoms. The van der Waals surface area contributed by atoms with Gasteiger partial charge in [0, 0.05) is 35.9 Å². The average Bonchev–Trinajstić information content (AvgIpc) is 1.59. The Hall–Kier alpha value is -10.2. The van der Waals surface area contributed by atoms with Gasteiger partial charge in [0.05, 0.1) is 95.3 Å². The zero-order valence-electron chi connectivity index (χ0n) is 68.5. The molecule has 0 aliphatic carbocycles. The number of imidazole rings is 5. The molecule has 64 nitrogen and oxygen atoms in total. The lowest BCUT2D eigenvalue weighted by atomic mass is 10.1. The Morgan fingerprint density at radius 2 is 0.750 bits per heavy atom. The number of nitrogens with one attached hydrogen (secondary N) is 3. The Labute approximate surface area is 752 Å². The van der Waals surface area contributed by atoms with Crippen molar-refractivity contribution in [3.05, 3.63) is 129 Å². The summed E-state index contributed by atoms with van der Waals surface area (Å²) >= 11 is 0. The Morgan fingerprint density at radius 3 is 1.20 bits per heavy atom. The summed E-state index contributed by atoms with van der Waals surface area (Å²) in [7, 11) is -30.5. The Balaban J connectivity index is 0.000000131. The maximum atomic E-state index is 13.3. The van der Waals surface area contributed by atoms with Gasteiger partial charge in [-0.2, -0.15) is 9.97 Å². The van der Waals surface area contributed by atoms with Crippen LogP contribution in [-0.2, 0) is 110 Å². The molecule has 0 spiro atoms. The normalized spacial score (nSPS) is 37.4. The molecule has 12 aromatic heterocycles. The highest BCUT2D eigenvalue weighted by atomic mass is 31.2. The van der Waals surface area contributed by atoms with Gasteiger partial charge in [0.25, 0.3) is 16.7 Å². The Kier molecular flexibility index (Phi) is 25.0. The number of hydrogen-bond donors (Lipinski definition) is 19. The van der Waals surface area contributed by atoms with Gasteiger partial charge >= 0.3 is 46.9 Å². The molecule has 21 rings (SSSR count). The van der Waals surface area contributed by atoms with E-state index in [9.17, 15) is 102 Å². The van der Waals surface area contributed by atoms with Gasteiger partial charge in [0.1, 0.15) is 132 Å². The summed E-state index contributed by atoms with van der Waals surface area (Å²) in [6, 6.07) is 4.47. The van der Waals surface area contributed by atoms with Crippen LogP contribution >= 0.6 is 46.9 Å². The van der Waals surface area contributed by atoms with E-state index in [1.807, 2.05) is 0 Å². The monoisotopic (exact) mass is 2030 g/mol. The fourth-order valence-corrected chi connectivity index (χ4v) is 22.2. The van der Waals surface area contributed by atoms with E-state index in [2.05, 4.69) is 74.6 Å². The molecule has 728 valence electrons. The number of aromatic nitrogens is 20. The van der Waals surface area contributed by atoms with Crippen LogP contribution in [-0.4, -0.2) is 307 Å². The fraction of sp³-hybridized carbons (Fsp3) is 0.470. The molecule has 0 amide bonds. The summed E-state index contributed by atoms with van der Waals surface area (Å²) in [5, 5.41) is 66.8. The zero-order valence-corrected chi connectivity index (χ0v) is 73.9. The van der Waals surface area contributed by atoms with Crippen LogP contribution < -0.4 is 39.6 Å². The highest BCUT2D eigenvalue weighted by molar-refractivity contribution is 7.48. The summed E-state index contributed by atoms with van der Waals surface area (Å²) in [4.78, 5) is 156. The van der Waals surface area contributed by atoms with Gasteiger partial charge in [0.15, 0.2) is 76.5 Å². The van der Waals surface area contributed by atoms with Gasteiger partial charge in [-0.25, -0.2) is 77.1 Å². The molecule has 12 aromatic rings. The number of H-pyrrole nitrogens is 3.